The van der Waals surface area contributed by atoms with Gasteiger partial charge in [0.05, 0.1) is 23.3 Å². The van der Waals surface area contributed by atoms with E-state index < -0.39 is 0 Å². The van der Waals surface area contributed by atoms with Gasteiger partial charge in [0.15, 0.2) is 0 Å². The van der Waals surface area contributed by atoms with Gasteiger partial charge in [0, 0.05) is 31.8 Å². The summed E-state index contributed by atoms with van der Waals surface area (Å²) in [5, 5.41) is 13.5. The van der Waals surface area contributed by atoms with Crippen molar-refractivity contribution in [3.05, 3.63) is 46.2 Å². The van der Waals surface area contributed by atoms with E-state index in [9.17, 15) is 4.79 Å². The molecule has 2 heterocycles. The number of rotatable bonds is 4. The van der Waals surface area contributed by atoms with Gasteiger partial charge in [0.1, 0.15) is 0 Å². The molecular weight excluding hydrogens is 304 g/mol. The number of methoxy groups -OCH3 is 1. The average Bonchev–Trinajstić information content (AvgIpc) is 2.60. The number of pyridine rings is 1. The summed E-state index contributed by atoms with van der Waals surface area (Å²) in [6.07, 6.45) is 1.57. The molecule has 6 heteroatoms. The molecule has 0 spiro atoms. The second kappa shape index (κ2) is 7.14. The van der Waals surface area contributed by atoms with Crippen LogP contribution in [-0.4, -0.2) is 36.4 Å². The Balaban J connectivity index is 1.88. The van der Waals surface area contributed by atoms with Gasteiger partial charge >= 0.3 is 0 Å². The van der Waals surface area contributed by atoms with Gasteiger partial charge in [-0.2, -0.15) is 5.26 Å². The van der Waals surface area contributed by atoms with E-state index in [4.69, 9.17) is 15.7 Å². The summed E-state index contributed by atoms with van der Waals surface area (Å²) in [6, 6.07) is 11.0. The van der Waals surface area contributed by atoms with Gasteiger partial charge in [-0.1, -0.05) is 6.07 Å². The van der Waals surface area contributed by atoms with Crippen LogP contribution in [-0.2, 0) is 11.3 Å². The maximum Gasteiger partial charge on any atom is 0.251 e. The molecule has 1 aliphatic heterocycles. The van der Waals surface area contributed by atoms with Crippen LogP contribution in [0.3, 0.4) is 0 Å². The third-order valence-electron chi connectivity index (χ3n) is 4.76. The van der Waals surface area contributed by atoms with Crippen molar-refractivity contribution in [1.82, 2.24) is 9.88 Å². The van der Waals surface area contributed by atoms with Crippen LogP contribution in [0.5, 0.6) is 0 Å². The molecule has 1 aliphatic rings. The van der Waals surface area contributed by atoms with E-state index >= 15 is 0 Å². The summed E-state index contributed by atoms with van der Waals surface area (Å²) < 4.78 is 7.27. The number of hydrogen-bond donors (Lipinski definition) is 2. The standard InChI is InChI=1S/C18H22N4O2/c1-24-18-14(20)6-8-21-15(18)7-9-22-16-10-12(11-19)2-3-13(16)4-5-17(22)23/h2-5,10,14-15,18,21H,6-9,20H2,1H3/t14-,15?,18-/m0/s1. The van der Waals surface area contributed by atoms with E-state index in [1.54, 1.807) is 35.9 Å². The van der Waals surface area contributed by atoms with Crippen molar-refractivity contribution in [2.45, 2.75) is 37.6 Å². The Bertz CT molecular complexity index is 824. The zero-order valence-corrected chi connectivity index (χ0v) is 13.7. The summed E-state index contributed by atoms with van der Waals surface area (Å²) >= 11 is 0. The molecule has 126 valence electrons. The molecule has 1 aromatic heterocycles. The highest BCUT2D eigenvalue weighted by Crippen LogP contribution is 2.17. The van der Waals surface area contributed by atoms with Crippen molar-refractivity contribution in [2.75, 3.05) is 13.7 Å². The second-order valence-corrected chi connectivity index (χ2v) is 6.21. The Hall–Kier alpha value is -2.20. The number of nitrogens with one attached hydrogen (secondary N) is 1. The fraction of sp³-hybridized carbons (Fsp3) is 0.444. The number of aryl methyl sites for hydroxylation is 1. The number of nitrogens with zero attached hydrogens (tertiary/aromatic N) is 2. The second-order valence-electron chi connectivity index (χ2n) is 6.21. The first-order valence-electron chi connectivity index (χ1n) is 8.19. The summed E-state index contributed by atoms with van der Waals surface area (Å²) in [7, 11) is 1.67. The van der Waals surface area contributed by atoms with Crippen molar-refractivity contribution in [3.63, 3.8) is 0 Å². The Morgan fingerprint density at radius 1 is 1.42 bits per heavy atom. The van der Waals surface area contributed by atoms with E-state index in [1.807, 2.05) is 6.07 Å². The molecule has 0 saturated carbocycles. The van der Waals surface area contributed by atoms with Gasteiger partial charge in [0.2, 0.25) is 0 Å². The molecule has 1 unspecified atom stereocenters. The lowest BCUT2D eigenvalue weighted by Gasteiger charge is -2.36. The minimum atomic E-state index is -0.0633. The number of aromatic nitrogens is 1. The van der Waals surface area contributed by atoms with E-state index in [2.05, 4.69) is 11.4 Å². The van der Waals surface area contributed by atoms with E-state index in [0.717, 1.165) is 30.3 Å². The third kappa shape index (κ3) is 3.20. The van der Waals surface area contributed by atoms with Gasteiger partial charge in [-0.05, 0) is 43.0 Å². The summed E-state index contributed by atoms with van der Waals surface area (Å²) in [5.74, 6) is 0. The number of nitriles is 1. The Morgan fingerprint density at radius 2 is 2.21 bits per heavy atom. The lowest BCUT2D eigenvalue weighted by molar-refractivity contribution is 0.0264. The number of fused-ring (bicyclic) bond motifs is 1. The first kappa shape index (κ1) is 16.7. The first-order chi connectivity index (χ1) is 11.6. The Morgan fingerprint density at radius 3 is 2.96 bits per heavy atom. The van der Waals surface area contributed by atoms with Crippen LogP contribution in [0.25, 0.3) is 10.9 Å². The Kier molecular flexibility index (Phi) is 4.95. The first-order valence-corrected chi connectivity index (χ1v) is 8.19. The normalized spacial score (nSPS) is 24.0. The van der Waals surface area contributed by atoms with Crippen LogP contribution >= 0.6 is 0 Å². The zero-order chi connectivity index (χ0) is 17.1. The Labute approximate surface area is 140 Å². The highest BCUT2D eigenvalue weighted by atomic mass is 16.5. The molecule has 1 saturated heterocycles. The minimum Gasteiger partial charge on any atom is -0.378 e. The fourth-order valence-electron chi connectivity index (χ4n) is 3.48. The predicted molar refractivity (Wildman–Crippen MR) is 92.7 cm³/mol. The van der Waals surface area contributed by atoms with Crippen molar-refractivity contribution >= 4 is 10.9 Å². The lowest BCUT2D eigenvalue weighted by atomic mass is 9.94. The van der Waals surface area contributed by atoms with Crippen molar-refractivity contribution < 1.29 is 4.74 Å². The smallest absolute Gasteiger partial charge is 0.251 e. The molecule has 0 bridgehead atoms. The van der Waals surface area contributed by atoms with Gasteiger partial charge < -0.3 is 20.4 Å². The van der Waals surface area contributed by atoms with E-state index in [-0.39, 0.29) is 23.7 Å². The molecule has 0 aliphatic carbocycles. The van der Waals surface area contributed by atoms with Crippen molar-refractivity contribution in [3.8, 4) is 6.07 Å². The number of nitrogens with two attached hydrogens (primary N) is 1. The van der Waals surface area contributed by atoms with Crippen LogP contribution in [0.2, 0.25) is 0 Å². The fourth-order valence-corrected chi connectivity index (χ4v) is 3.48. The van der Waals surface area contributed by atoms with Gasteiger partial charge in [-0.15, -0.1) is 0 Å². The highest BCUT2D eigenvalue weighted by Gasteiger charge is 2.30. The quantitative estimate of drug-likeness (QED) is 0.873. The number of hydrogen-bond acceptors (Lipinski definition) is 5. The van der Waals surface area contributed by atoms with Crippen LogP contribution in [0, 0.1) is 11.3 Å². The predicted octanol–water partition coefficient (Wildman–Crippen LogP) is 0.967. The van der Waals surface area contributed by atoms with Gasteiger partial charge in [-0.25, -0.2) is 0 Å². The SMILES string of the molecule is CO[C@@H]1C(CCn2c(=O)ccc3ccc(C#N)cc32)NCC[C@@H]1N. The van der Waals surface area contributed by atoms with E-state index in [1.165, 1.54) is 0 Å². The molecule has 2 aromatic rings. The number of piperidine rings is 1. The largest absolute Gasteiger partial charge is 0.378 e. The molecular formula is C18H22N4O2. The molecule has 0 radical (unpaired) electrons. The maximum atomic E-state index is 12.3. The average molecular weight is 326 g/mol. The topological polar surface area (TPSA) is 93.1 Å². The number of ether oxygens (including phenoxy) is 1. The molecule has 3 atom stereocenters. The number of benzene rings is 1. The summed E-state index contributed by atoms with van der Waals surface area (Å²) in [4.78, 5) is 12.3. The van der Waals surface area contributed by atoms with Crippen LogP contribution < -0.4 is 16.6 Å². The highest BCUT2D eigenvalue weighted by molar-refractivity contribution is 5.80. The summed E-state index contributed by atoms with van der Waals surface area (Å²) in [5.41, 5.74) is 7.41. The minimum absolute atomic E-state index is 0.00989. The summed E-state index contributed by atoms with van der Waals surface area (Å²) in [6.45, 7) is 1.41. The molecule has 0 amide bonds. The van der Waals surface area contributed by atoms with Crippen LogP contribution in [0.4, 0.5) is 0 Å². The van der Waals surface area contributed by atoms with Crippen LogP contribution in [0.15, 0.2) is 35.1 Å². The molecule has 1 fully saturated rings. The van der Waals surface area contributed by atoms with E-state index in [0.29, 0.717) is 12.1 Å². The van der Waals surface area contributed by atoms with Crippen molar-refractivity contribution in [1.29, 1.82) is 5.26 Å². The molecule has 6 nitrogen and oxygen atoms in total. The molecule has 24 heavy (non-hydrogen) atoms. The lowest BCUT2D eigenvalue weighted by Crippen LogP contribution is -2.56. The molecule has 3 rings (SSSR count). The van der Waals surface area contributed by atoms with Gasteiger partial charge in [-0.3, -0.25) is 4.79 Å². The third-order valence-corrected chi connectivity index (χ3v) is 4.76. The maximum absolute atomic E-state index is 12.3. The molecule has 1 aromatic carbocycles. The molecule has 3 N–H and O–H groups in total. The zero-order valence-electron chi connectivity index (χ0n) is 13.7. The monoisotopic (exact) mass is 326 g/mol. The van der Waals surface area contributed by atoms with Crippen LogP contribution in [0.1, 0.15) is 18.4 Å². The van der Waals surface area contributed by atoms with Gasteiger partial charge in [0.25, 0.3) is 5.56 Å². The van der Waals surface area contributed by atoms with Crippen molar-refractivity contribution in [2.24, 2.45) is 5.73 Å².